The highest BCUT2D eigenvalue weighted by Gasteiger charge is 2.47. The number of carbonyl (C=O) groups is 5. The molecule has 396 valence electrons. The molecule has 1 aliphatic heterocycles. The van der Waals surface area contributed by atoms with Crippen LogP contribution in [-0.4, -0.2) is 98.8 Å². The number of hydrogen-bond acceptors (Lipinski definition) is 11. The van der Waals surface area contributed by atoms with E-state index in [9.17, 15) is 28.8 Å². The van der Waals surface area contributed by atoms with Crippen molar-refractivity contribution in [2.75, 3.05) is 33.9 Å². The summed E-state index contributed by atoms with van der Waals surface area (Å²) in [5.74, 6) is 0.295. The van der Waals surface area contributed by atoms with Crippen LogP contribution in [0.4, 0.5) is 4.79 Å². The van der Waals surface area contributed by atoms with E-state index >= 15 is 0 Å². The molecule has 15 nitrogen and oxygen atoms in total. The number of amides is 5. The lowest BCUT2D eigenvalue weighted by atomic mass is 9.67. The van der Waals surface area contributed by atoms with Crippen molar-refractivity contribution < 1.29 is 43.0 Å². The van der Waals surface area contributed by atoms with Crippen molar-refractivity contribution in [3.63, 3.8) is 0 Å². The Morgan fingerprint density at radius 2 is 1.14 bits per heavy atom. The van der Waals surface area contributed by atoms with Gasteiger partial charge in [-0.15, -0.1) is 0 Å². The van der Waals surface area contributed by atoms with Crippen molar-refractivity contribution in [2.24, 2.45) is 22.6 Å². The standard InChI is InChI=1S/C27H33N3O4.C21H26N2O2.C8H13NO3.2CH4/c1-18(2)23-25(32)30(26(33)29-23)20-13-15-27(16-14-20,19-9-5-4-6-10-19)17-28-24(31)21-11-7-8-12-22(21)34-3;1-25-19-10-6-5-9-18(19)20(24)23-15-21(13-11-17(22)12-14-21)16-7-3-2-4-8-16;1-4-12-8(11)7(6(2)3)9-5-10;;/h4-12,18,20,23H,13-17H2,1-3H3,(H,28,31)(H,29,33);2-10,17H,11-15,22H2,1H3,(H,23,24);6-7H,4H2,1-3H3;2*1H4. The van der Waals surface area contributed by atoms with E-state index in [0.717, 1.165) is 44.1 Å². The van der Waals surface area contributed by atoms with Crippen LogP contribution >= 0.6 is 0 Å². The number of ether oxygens (including phenoxy) is 3. The van der Waals surface area contributed by atoms with Crippen LogP contribution in [0.25, 0.3) is 0 Å². The van der Waals surface area contributed by atoms with E-state index in [0.29, 0.717) is 55.2 Å². The van der Waals surface area contributed by atoms with Gasteiger partial charge in [0.25, 0.3) is 17.7 Å². The number of nitrogens with two attached hydrogens (primary N) is 1. The van der Waals surface area contributed by atoms with Gasteiger partial charge < -0.3 is 35.9 Å². The Balaban J connectivity index is 0.000000317. The van der Waals surface area contributed by atoms with Crippen LogP contribution in [0, 0.1) is 11.8 Å². The highest BCUT2D eigenvalue weighted by Crippen LogP contribution is 2.42. The van der Waals surface area contributed by atoms with Crippen molar-refractivity contribution in [1.82, 2.24) is 20.9 Å². The maximum Gasteiger partial charge on any atom is 0.332 e. The fourth-order valence-corrected chi connectivity index (χ4v) is 9.75. The third-order valence-electron chi connectivity index (χ3n) is 13.9. The van der Waals surface area contributed by atoms with E-state index in [1.807, 2.05) is 68.4 Å². The lowest BCUT2D eigenvalue weighted by Crippen LogP contribution is -2.49. The Hall–Kier alpha value is -6.83. The molecule has 7 rings (SSSR count). The number of esters is 1. The number of benzene rings is 4. The third-order valence-corrected chi connectivity index (χ3v) is 13.9. The number of nitrogens with one attached hydrogen (secondary N) is 3. The first-order valence-corrected chi connectivity index (χ1v) is 24.7. The second-order valence-electron chi connectivity index (χ2n) is 19.2. The molecule has 1 heterocycles. The zero-order chi connectivity index (χ0) is 51.6. The Labute approximate surface area is 433 Å². The van der Waals surface area contributed by atoms with Gasteiger partial charge in [-0.2, -0.15) is 4.99 Å². The van der Waals surface area contributed by atoms with E-state index in [1.54, 1.807) is 53.2 Å². The molecule has 5 amide bonds. The second-order valence-corrected chi connectivity index (χ2v) is 19.2. The summed E-state index contributed by atoms with van der Waals surface area (Å²) in [5, 5.41) is 9.11. The first-order valence-electron chi connectivity index (χ1n) is 24.7. The van der Waals surface area contributed by atoms with Gasteiger partial charge in [0.05, 0.1) is 32.0 Å². The van der Waals surface area contributed by atoms with Gasteiger partial charge in [-0.3, -0.25) is 19.3 Å². The molecule has 2 atom stereocenters. The Morgan fingerprint density at radius 3 is 1.52 bits per heavy atom. The molecule has 2 saturated carbocycles. The molecule has 73 heavy (non-hydrogen) atoms. The van der Waals surface area contributed by atoms with Crippen LogP contribution in [-0.2, 0) is 30.0 Å². The number of hydrogen-bond donors (Lipinski definition) is 4. The molecule has 4 aromatic rings. The van der Waals surface area contributed by atoms with Gasteiger partial charge >= 0.3 is 12.0 Å². The van der Waals surface area contributed by atoms with Crippen LogP contribution in [0.1, 0.15) is 133 Å². The zero-order valence-electron chi connectivity index (χ0n) is 42.3. The summed E-state index contributed by atoms with van der Waals surface area (Å²) < 4.78 is 15.4. The Morgan fingerprint density at radius 1 is 0.712 bits per heavy atom. The number of imide groups is 1. The molecule has 5 N–H and O–H groups in total. The zero-order valence-corrected chi connectivity index (χ0v) is 42.3. The molecule has 15 heteroatoms. The summed E-state index contributed by atoms with van der Waals surface area (Å²) in [7, 11) is 3.14. The first kappa shape index (κ1) is 60.5. The van der Waals surface area contributed by atoms with Crippen LogP contribution in [0.2, 0.25) is 0 Å². The summed E-state index contributed by atoms with van der Waals surface area (Å²) >= 11 is 0. The predicted molar refractivity (Wildman–Crippen MR) is 286 cm³/mol. The van der Waals surface area contributed by atoms with E-state index in [2.05, 4.69) is 57.3 Å². The Kier molecular flexibility index (Phi) is 24.0. The number of nitrogens with zero attached hydrogens (tertiary/aromatic N) is 2. The molecule has 3 aliphatic rings. The number of rotatable bonds is 16. The van der Waals surface area contributed by atoms with E-state index in [1.165, 1.54) is 16.5 Å². The van der Waals surface area contributed by atoms with E-state index in [4.69, 9.17) is 19.9 Å². The minimum Gasteiger partial charge on any atom is -0.496 e. The quantitative estimate of drug-likeness (QED) is 0.0362. The van der Waals surface area contributed by atoms with Crippen molar-refractivity contribution in [3.8, 4) is 11.5 Å². The monoisotopic (exact) mass is 1000 g/mol. The minimum atomic E-state index is -0.706. The summed E-state index contributed by atoms with van der Waals surface area (Å²) in [6.07, 6.45) is 8.23. The van der Waals surface area contributed by atoms with Gasteiger partial charge in [0.2, 0.25) is 6.08 Å². The van der Waals surface area contributed by atoms with Crippen LogP contribution in [0.3, 0.4) is 0 Å². The molecular weight excluding hydrogens is 925 g/mol. The highest BCUT2D eigenvalue weighted by molar-refractivity contribution is 6.04. The number of methoxy groups -OCH3 is 2. The largest absolute Gasteiger partial charge is 0.496 e. The fourth-order valence-electron chi connectivity index (χ4n) is 9.75. The van der Waals surface area contributed by atoms with Gasteiger partial charge in [-0.05, 0) is 106 Å². The molecule has 0 aromatic heterocycles. The lowest BCUT2D eigenvalue weighted by molar-refractivity contribution is -0.145. The van der Waals surface area contributed by atoms with E-state index < -0.39 is 18.1 Å². The number of urea groups is 1. The molecule has 2 aliphatic carbocycles. The van der Waals surface area contributed by atoms with Gasteiger partial charge in [-0.25, -0.2) is 14.4 Å². The van der Waals surface area contributed by atoms with Gasteiger partial charge in [-0.1, -0.05) is 127 Å². The number of para-hydroxylation sites is 2. The maximum absolute atomic E-state index is 13.0. The smallest absolute Gasteiger partial charge is 0.332 e. The predicted octanol–water partition coefficient (Wildman–Crippen LogP) is 9.33. The summed E-state index contributed by atoms with van der Waals surface area (Å²) in [6.45, 7) is 10.6. The molecule has 0 spiro atoms. The van der Waals surface area contributed by atoms with Crippen molar-refractivity contribution in [2.45, 2.75) is 136 Å². The van der Waals surface area contributed by atoms with Gasteiger partial charge in [0, 0.05) is 36.0 Å². The van der Waals surface area contributed by atoms with Crippen LogP contribution in [0.15, 0.2) is 114 Å². The van der Waals surface area contributed by atoms with Gasteiger partial charge in [0.1, 0.15) is 17.5 Å². The summed E-state index contributed by atoms with van der Waals surface area (Å²) in [4.78, 5) is 77.0. The van der Waals surface area contributed by atoms with Gasteiger partial charge in [0.15, 0.2) is 6.04 Å². The topological polar surface area (TPSA) is 208 Å². The normalized spacial score (nSPS) is 21.4. The molecular formula is C58H80N6O9. The number of carbonyl (C=O) groups excluding carboxylic acids is 6. The lowest BCUT2D eigenvalue weighted by Gasteiger charge is -2.42. The maximum atomic E-state index is 13.0. The van der Waals surface area contributed by atoms with Crippen molar-refractivity contribution in [3.05, 3.63) is 131 Å². The number of aliphatic imine (C=N–C) groups is 1. The van der Waals surface area contributed by atoms with Crippen LogP contribution < -0.4 is 31.2 Å². The molecule has 1 saturated heterocycles. The minimum absolute atomic E-state index is 0. The van der Waals surface area contributed by atoms with Crippen molar-refractivity contribution in [1.29, 1.82) is 0 Å². The number of isocyanates is 1. The summed E-state index contributed by atoms with van der Waals surface area (Å²) in [5.41, 5.74) is 9.31. The van der Waals surface area contributed by atoms with E-state index in [-0.39, 0.29) is 73.4 Å². The Bertz CT molecular complexity index is 2430. The first-order chi connectivity index (χ1) is 34.1. The van der Waals surface area contributed by atoms with Crippen molar-refractivity contribution >= 4 is 35.8 Å². The fraction of sp³-hybridized carbons (Fsp3) is 0.483. The molecule has 4 aromatic carbocycles. The molecule has 3 fully saturated rings. The third kappa shape index (κ3) is 15.6. The molecule has 0 bridgehead atoms. The average molecular weight is 1010 g/mol. The molecule has 0 radical (unpaired) electrons. The highest BCUT2D eigenvalue weighted by atomic mass is 16.5. The SMILES string of the molecule is C.C.CCOC(=O)C(N=C=O)C(C)C.COc1ccccc1C(=O)NCC1(c2ccccc2)CCC(N)CC1.COc1ccccc1C(=O)NCC1(c2ccccc2)CCC(N2C(=O)NC(C(C)C)C2=O)CC1. The second kappa shape index (κ2) is 29.0. The van der Waals surface area contributed by atoms with Crippen LogP contribution in [0.5, 0.6) is 11.5 Å². The summed E-state index contributed by atoms with van der Waals surface area (Å²) in [6, 6.07) is 33.9. The molecule has 2 unspecified atom stereocenters. The average Bonchev–Trinajstić information content (AvgIpc) is 3.70.